The fourth-order valence-electron chi connectivity index (χ4n) is 2.83. The Hall–Kier alpha value is -1.02. The Morgan fingerprint density at radius 3 is 1.94 bits per heavy atom. The molecule has 0 amide bonds. The second-order valence-electron chi connectivity index (χ2n) is 6.08. The maximum atomic E-state index is 3.69. The Balaban J connectivity index is 2.23. The summed E-state index contributed by atoms with van der Waals surface area (Å²) in [5.41, 5.74) is 1.65. The molecule has 1 saturated heterocycles. The van der Waals surface area contributed by atoms with Gasteiger partial charge in [0.1, 0.15) is 0 Å². The molecule has 1 aliphatic heterocycles. The predicted octanol–water partition coefficient (Wildman–Crippen LogP) is 2.65. The van der Waals surface area contributed by atoms with E-state index in [2.05, 4.69) is 68.2 Å². The Labute approximate surface area is 98.7 Å². The van der Waals surface area contributed by atoms with Crippen LogP contribution >= 0.6 is 0 Å². The van der Waals surface area contributed by atoms with Gasteiger partial charge in [-0.1, -0.05) is 18.2 Å². The van der Waals surface area contributed by atoms with Gasteiger partial charge in [-0.2, -0.15) is 0 Å². The number of nitrogens with zero attached hydrogens (tertiary/aromatic N) is 1. The van der Waals surface area contributed by atoms with Gasteiger partial charge in [0.05, 0.1) is 0 Å². The van der Waals surface area contributed by atoms with Crippen LogP contribution in [0.2, 0.25) is 0 Å². The van der Waals surface area contributed by atoms with Crippen molar-refractivity contribution in [3.8, 4) is 0 Å². The molecule has 1 aliphatic rings. The van der Waals surface area contributed by atoms with E-state index >= 15 is 0 Å². The summed E-state index contributed by atoms with van der Waals surface area (Å²) >= 11 is 0. The van der Waals surface area contributed by atoms with Gasteiger partial charge >= 0.3 is 0 Å². The van der Waals surface area contributed by atoms with Crippen LogP contribution in [0.1, 0.15) is 27.7 Å². The molecule has 0 radical (unpaired) electrons. The Kier molecular flexibility index (Phi) is 2.70. The molecule has 88 valence electrons. The van der Waals surface area contributed by atoms with Crippen LogP contribution in [-0.4, -0.2) is 24.2 Å². The molecule has 1 aromatic rings. The van der Waals surface area contributed by atoms with Crippen LogP contribution in [0.5, 0.6) is 0 Å². The summed E-state index contributed by atoms with van der Waals surface area (Å²) in [4.78, 5) is 2.47. The van der Waals surface area contributed by atoms with E-state index in [1.165, 1.54) is 5.69 Å². The number of hydrogen-bond acceptors (Lipinski definition) is 2. The van der Waals surface area contributed by atoms with E-state index in [0.29, 0.717) is 0 Å². The lowest BCUT2D eigenvalue weighted by Gasteiger charge is -2.49. The van der Waals surface area contributed by atoms with Crippen LogP contribution in [0.4, 0.5) is 5.69 Å². The van der Waals surface area contributed by atoms with Crippen LogP contribution < -0.4 is 10.2 Å². The summed E-state index contributed by atoms with van der Waals surface area (Å²) in [6, 6.07) is 10.7. The van der Waals surface area contributed by atoms with Crippen molar-refractivity contribution >= 4 is 5.69 Å². The molecule has 2 rings (SSSR count). The number of piperazine rings is 1. The zero-order valence-electron chi connectivity index (χ0n) is 10.7. The molecule has 1 N–H and O–H groups in total. The number of para-hydroxylation sites is 1. The second kappa shape index (κ2) is 3.77. The summed E-state index contributed by atoms with van der Waals surface area (Å²) < 4.78 is 0. The third-order valence-electron chi connectivity index (χ3n) is 2.97. The SMILES string of the molecule is CC1(C)CN(c2ccccc2)CC(C)(C)N1. The normalized spacial score (nSPS) is 23.1. The maximum absolute atomic E-state index is 3.69. The van der Waals surface area contributed by atoms with Crippen molar-refractivity contribution in [1.82, 2.24) is 5.32 Å². The van der Waals surface area contributed by atoms with Crippen molar-refractivity contribution in [2.45, 2.75) is 38.8 Å². The van der Waals surface area contributed by atoms with Crippen LogP contribution in [-0.2, 0) is 0 Å². The third-order valence-corrected chi connectivity index (χ3v) is 2.97. The van der Waals surface area contributed by atoms with E-state index < -0.39 is 0 Å². The maximum Gasteiger partial charge on any atom is 0.0367 e. The first-order valence-electron chi connectivity index (χ1n) is 5.97. The van der Waals surface area contributed by atoms with Gasteiger partial charge in [0.15, 0.2) is 0 Å². The molecule has 0 aromatic heterocycles. The van der Waals surface area contributed by atoms with Gasteiger partial charge < -0.3 is 10.2 Å². The average molecular weight is 218 g/mol. The van der Waals surface area contributed by atoms with Gasteiger partial charge in [-0.25, -0.2) is 0 Å². The van der Waals surface area contributed by atoms with Crippen molar-refractivity contribution in [2.75, 3.05) is 18.0 Å². The van der Waals surface area contributed by atoms with Gasteiger partial charge in [-0.3, -0.25) is 0 Å². The predicted molar refractivity (Wildman–Crippen MR) is 69.9 cm³/mol. The number of hydrogen-bond donors (Lipinski definition) is 1. The van der Waals surface area contributed by atoms with E-state index in [1.54, 1.807) is 0 Å². The molecule has 1 heterocycles. The van der Waals surface area contributed by atoms with Crippen LogP contribution in [0.25, 0.3) is 0 Å². The topological polar surface area (TPSA) is 15.3 Å². The molecule has 0 atom stereocenters. The zero-order chi connectivity index (χ0) is 11.8. The molecule has 0 spiro atoms. The number of nitrogens with one attached hydrogen (secondary N) is 1. The molecule has 1 aromatic carbocycles. The minimum Gasteiger partial charge on any atom is -0.368 e. The first-order chi connectivity index (χ1) is 7.38. The summed E-state index contributed by atoms with van der Waals surface area (Å²) in [5.74, 6) is 0. The molecule has 0 aliphatic carbocycles. The molecule has 0 unspecified atom stereocenters. The Bertz CT molecular complexity index is 338. The lowest BCUT2D eigenvalue weighted by atomic mass is 9.91. The van der Waals surface area contributed by atoms with Gasteiger partial charge in [0.2, 0.25) is 0 Å². The van der Waals surface area contributed by atoms with Crippen molar-refractivity contribution < 1.29 is 0 Å². The molecule has 2 nitrogen and oxygen atoms in total. The Morgan fingerprint density at radius 1 is 0.938 bits per heavy atom. The van der Waals surface area contributed by atoms with Crippen LogP contribution in [0.3, 0.4) is 0 Å². The number of benzene rings is 1. The number of rotatable bonds is 1. The van der Waals surface area contributed by atoms with Crippen LogP contribution in [0.15, 0.2) is 30.3 Å². The molecule has 0 saturated carbocycles. The monoisotopic (exact) mass is 218 g/mol. The quantitative estimate of drug-likeness (QED) is 0.779. The summed E-state index contributed by atoms with van der Waals surface area (Å²) in [7, 11) is 0. The molecule has 0 bridgehead atoms. The van der Waals surface area contributed by atoms with Gasteiger partial charge in [-0.15, -0.1) is 0 Å². The highest BCUT2D eigenvalue weighted by atomic mass is 15.3. The minimum absolute atomic E-state index is 0.164. The first kappa shape index (κ1) is 11.5. The Morgan fingerprint density at radius 2 is 1.44 bits per heavy atom. The lowest BCUT2D eigenvalue weighted by molar-refractivity contribution is 0.226. The van der Waals surface area contributed by atoms with Crippen molar-refractivity contribution in [3.63, 3.8) is 0 Å². The summed E-state index contributed by atoms with van der Waals surface area (Å²) in [6.45, 7) is 11.2. The highest BCUT2D eigenvalue weighted by molar-refractivity contribution is 5.47. The van der Waals surface area contributed by atoms with Gasteiger partial charge in [0, 0.05) is 29.9 Å². The number of anilines is 1. The molecule has 16 heavy (non-hydrogen) atoms. The molecule has 1 fully saturated rings. The van der Waals surface area contributed by atoms with Gasteiger partial charge in [-0.05, 0) is 39.8 Å². The lowest BCUT2D eigenvalue weighted by Crippen LogP contribution is -2.66. The van der Waals surface area contributed by atoms with E-state index in [0.717, 1.165) is 13.1 Å². The highest BCUT2D eigenvalue weighted by Crippen LogP contribution is 2.25. The minimum atomic E-state index is 0.164. The summed E-state index contributed by atoms with van der Waals surface area (Å²) in [6.07, 6.45) is 0. The van der Waals surface area contributed by atoms with E-state index in [9.17, 15) is 0 Å². The average Bonchev–Trinajstić information content (AvgIpc) is 2.14. The fraction of sp³-hybridized carbons (Fsp3) is 0.571. The van der Waals surface area contributed by atoms with E-state index in [-0.39, 0.29) is 11.1 Å². The largest absolute Gasteiger partial charge is 0.368 e. The molecular weight excluding hydrogens is 196 g/mol. The standard InChI is InChI=1S/C14H22N2/c1-13(2)10-16(11-14(3,4)15-13)12-8-6-5-7-9-12/h5-9,15H,10-11H2,1-4H3. The van der Waals surface area contributed by atoms with Crippen molar-refractivity contribution in [3.05, 3.63) is 30.3 Å². The highest BCUT2D eigenvalue weighted by Gasteiger charge is 2.36. The zero-order valence-corrected chi connectivity index (χ0v) is 10.7. The van der Waals surface area contributed by atoms with E-state index in [4.69, 9.17) is 0 Å². The van der Waals surface area contributed by atoms with E-state index in [1.807, 2.05) is 0 Å². The molecule has 2 heteroatoms. The van der Waals surface area contributed by atoms with Gasteiger partial charge in [0.25, 0.3) is 0 Å². The van der Waals surface area contributed by atoms with Crippen molar-refractivity contribution in [1.29, 1.82) is 0 Å². The van der Waals surface area contributed by atoms with Crippen LogP contribution in [0, 0.1) is 0 Å². The smallest absolute Gasteiger partial charge is 0.0367 e. The first-order valence-corrected chi connectivity index (χ1v) is 5.97. The third kappa shape index (κ3) is 2.56. The fourth-order valence-corrected chi connectivity index (χ4v) is 2.83. The second-order valence-corrected chi connectivity index (χ2v) is 6.08. The van der Waals surface area contributed by atoms with Crippen molar-refractivity contribution in [2.24, 2.45) is 0 Å². The summed E-state index contributed by atoms with van der Waals surface area (Å²) in [5, 5.41) is 3.69. The molecular formula is C14H22N2.